The van der Waals surface area contributed by atoms with Crippen LogP contribution in [0, 0.1) is 0 Å². The maximum Gasteiger partial charge on any atom is 0.0667 e. The normalized spacial score (nSPS) is 21.1. The summed E-state index contributed by atoms with van der Waals surface area (Å²) in [4.78, 5) is 0. The lowest BCUT2D eigenvalue weighted by Crippen LogP contribution is -2.29. The zero-order valence-electron chi connectivity index (χ0n) is 9.07. The van der Waals surface area contributed by atoms with Gasteiger partial charge in [-0.25, -0.2) is 0 Å². The van der Waals surface area contributed by atoms with Crippen molar-refractivity contribution in [3.63, 3.8) is 0 Å². The number of hydrogen-bond donors (Lipinski definition) is 2. The number of ether oxygens (including phenoxy) is 1. The van der Waals surface area contributed by atoms with Gasteiger partial charge in [0.2, 0.25) is 0 Å². The van der Waals surface area contributed by atoms with Crippen LogP contribution in [0.2, 0.25) is 0 Å². The third-order valence-electron chi connectivity index (χ3n) is 2.97. The number of benzene rings is 1. The number of fused-ring (bicyclic) bond motifs is 1. The highest BCUT2D eigenvalue weighted by molar-refractivity contribution is 5.81. The van der Waals surface area contributed by atoms with Crippen LogP contribution < -0.4 is 5.32 Å². The molecule has 1 saturated heterocycles. The molecule has 1 aliphatic rings. The summed E-state index contributed by atoms with van der Waals surface area (Å²) in [5.41, 5.74) is 2.22. The van der Waals surface area contributed by atoms with Crippen LogP contribution in [0.5, 0.6) is 0 Å². The number of aromatic nitrogens is 2. The molecular formula is C12H15N3O. The van der Waals surface area contributed by atoms with E-state index < -0.39 is 0 Å². The van der Waals surface area contributed by atoms with Gasteiger partial charge in [0.25, 0.3) is 0 Å². The van der Waals surface area contributed by atoms with Crippen molar-refractivity contribution in [3.05, 3.63) is 24.4 Å². The molecule has 4 nitrogen and oxygen atoms in total. The van der Waals surface area contributed by atoms with Gasteiger partial charge in [-0.3, -0.25) is 5.10 Å². The Morgan fingerprint density at radius 2 is 2.44 bits per heavy atom. The number of anilines is 1. The first-order chi connectivity index (χ1) is 7.92. The van der Waals surface area contributed by atoms with Gasteiger partial charge in [0.15, 0.2) is 0 Å². The van der Waals surface area contributed by atoms with E-state index >= 15 is 0 Å². The first kappa shape index (κ1) is 9.66. The molecule has 3 rings (SSSR count). The van der Waals surface area contributed by atoms with Crippen molar-refractivity contribution in [2.45, 2.75) is 18.9 Å². The molecule has 0 amide bonds. The van der Waals surface area contributed by atoms with Crippen molar-refractivity contribution in [2.75, 3.05) is 18.5 Å². The van der Waals surface area contributed by atoms with Gasteiger partial charge in [-0.15, -0.1) is 0 Å². The van der Waals surface area contributed by atoms with Crippen molar-refractivity contribution in [1.29, 1.82) is 0 Å². The Morgan fingerprint density at radius 1 is 1.44 bits per heavy atom. The van der Waals surface area contributed by atoms with Crippen LogP contribution in [0.1, 0.15) is 12.8 Å². The minimum Gasteiger partial charge on any atom is -0.380 e. The van der Waals surface area contributed by atoms with Crippen LogP contribution >= 0.6 is 0 Å². The zero-order valence-corrected chi connectivity index (χ0v) is 9.07. The lowest BCUT2D eigenvalue weighted by Gasteiger charge is -2.24. The number of rotatable bonds is 2. The lowest BCUT2D eigenvalue weighted by molar-refractivity contribution is 0.0876. The second-order valence-electron chi connectivity index (χ2n) is 4.23. The van der Waals surface area contributed by atoms with E-state index in [4.69, 9.17) is 4.74 Å². The van der Waals surface area contributed by atoms with Gasteiger partial charge in [0.1, 0.15) is 0 Å². The molecule has 0 saturated carbocycles. The summed E-state index contributed by atoms with van der Waals surface area (Å²) in [5, 5.41) is 11.6. The summed E-state index contributed by atoms with van der Waals surface area (Å²) < 4.78 is 5.45. The molecule has 2 heterocycles. The van der Waals surface area contributed by atoms with Gasteiger partial charge < -0.3 is 10.1 Å². The molecule has 1 fully saturated rings. The van der Waals surface area contributed by atoms with Crippen LogP contribution in [0.25, 0.3) is 10.9 Å². The number of nitrogens with zero attached hydrogens (tertiary/aromatic N) is 1. The van der Waals surface area contributed by atoms with Crippen molar-refractivity contribution >= 4 is 16.6 Å². The molecular weight excluding hydrogens is 202 g/mol. The van der Waals surface area contributed by atoms with E-state index in [1.807, 2.05) is 12.3 Å². The maximum absolute atomic E-state index is 5.45. The monoisotopic (exact) mass is 217 g/mol. The molecule has 4 heteroatoms. The fraction of sp³-hybridized carbons (Fsp3) is 0.417. The Bertz CT molecular complexity index is 474. The molecule has 84 valence electrons. The SMILES string of the molecule is c1cc2[nH]ncc2cc1NC1CCCOC1. The molecule has 0 aliphatic carbocycles. The summed E-state index contributed by atoms with van der Waals surface area (Å²) in [5.74, 6) is 0. The van der Waals surface area contributed by atoms with Crippen molar-refractivity contribution in [2.24, 2.45) is 0 Å². The Hall–Kier alpha value is -1.55. The predicted molar refractivity (Wildman–Crippen MR) is 63.6 cm³/mol. The molecule has 0 radical (unpaired) electrons. The minimum atomic E-state index is 0.443. The van der Waals surface area contributed by atoms with E-state index in [1.165, 1.54) is 6.42 Å². The van der Waals surface area contributed by atoms with Crippen LogP contribution in [-0.4, -0.2) is 29.5 Å². The summed E-state index contributed by atoms with van der Waals surface area (Å²) in [7, 11) is 0. The van der Waals surface area contributed by atoms with E-state index in [1.54, 1.807) is 0 Å². The Kier molecular flexibility index (Phi) is 2.50. The average Bonchev–Trinajstić information content (AvgIpc) is 2.77. The summed E-state index contributed by atoms with van der Waals surface area (Å²) in [6, 6.07) is 6.69. The fourth-order valence-corrected chi connectivity index (χ4v) is 2.12. The lowest BCUT2D eigenvalue weighted by atomic mass is 10.1. The minimum absolute atomic E-state index is 0.443. The molecule has 1 aromatic heterocycles. The molecule has 2 N–H and O–H groups in total. The molecule has 1 atom stereocenters. The van der Waals surface area contributed by atoms with Gasteiger partial charge in [-0.05, 0) is 31.0 Å². The number of aromatic amines is 1. The standard InChI is InChI=1S/C12H15N3O/c1-2-11(8-16-5-1)14-10-3-4-12-9(6-10)7-13-15-12/h3-4,6-7,11,14H,1-2,5,8H2,(H,13,15). The van der Waals surface area contributed by atoms with E-state index in [0.717, 1.165) is 36.2 Å². The number of nitrogens with one attached hydrogen (secondary N) is 2. The summed E-state index contributed by atoms with van der Waals surface area (Å²) in [6.07, 6.45) is 4.17. The molecule has 1 unspecified atom stereocenters. The zero-order chi connectivity index (χ0) is 10.8. The largest absolute Gasteiger partial charge is 0.380 e. The van der Waals surface area contributed by atoms with Gasteiger partial charge in [-0.1, -0.05) is 0 Å². The van der Waals surface area contributed by atoms with E-state index in [9.17, 15) is 0 Å². The second-order valence-corrected chi connectivity index (χ2v) is 4.23. The molecule has 1 aliphatic heterocycles. The fourth-order valence-electron chi connectivity index (χ4n) is 2.12. The second kappa shape index (κ2) is 4.14. The van der Waals surface area contributed by atoms with Gasteiger partial charge in [0.05, 0.1) is 18.3 Å². The molecule has 0 spiro atoms. The van der Waals surface area contributed by atoms with Gasteiger partial charge in [-0.2, -0.15) is 5.10 Å². The van der Waals surface area contributed by atoms with Crippen LogP contribution in [0.4, 0.5) is 5.69 Å². The Labute approximate surface area is 94.0 Å². The first-order valence-corrected chi connectivity index (χ1v) is 5.69. The van der Waals surface area contributed by atoms with Crippen LogP contribution in [0.3, 0.4) is 0 Å². The topological polar surface area (TPSA) is 49.9 Å². The van der Waals surface area contributed by atoms with Crippen LogP contribution in [-0.2, 0) is 4.74 Å². The number of H-pyrrole nitrogens is 1. The average molecular weight is 217 g/mol. The quantitative estimate of drug-likeness (QED) is 0.810. The van der Waals surface area contributed by atoms with E-state index in [2.05, 4.69) is 27.6 Å². The Balaban J connectivity index is 1.77. The van der Waals surface area contributed by atoms with Crippen molar-refractivity contribution < 1.29 is 4.74 Å². The highest BCUT2D eigenvalue weighted by Gasteiger charge is 2.13. The highest BCUT2D eigenvalue weighted by Crippen LogP contribution is 2.19. The molecule has 0 bridgehead atoms. The summed E-state index contributed by atoms with van der Waals surface area (Å²) in [6.45, 7) is 1.71. The third-order valence-corrected chi connectivity index (χ3v) is 2.97. The third kappa shape index (κ3) is 1.88. The summed E-state index contributed by atoms with van der Waals surface area (Å²) >= 11 is 0. The predicted octanol–water partition coefficient (Wildman–Crippen LogP) is 2.15. The van der Waals surface area contributed by atoms with Gasteiger partial charge in [0, 0.05) is 23.7 Å². The van der Waals surface area contributed by atoms with E-state index in [-0.39, 0.29) is 0 Å². The van der Waals surface area contributed by atoms with Crippen LogP contribution in [0.15, 0.2) is 24.4 Å². The smallest absolute Gasteiger partial charge is 0.0667 e. The number of hydrogen-bond acceptors (Lipinski definition) is 3. The highest BCUT2D eigenvalue weighted by atomic mass is 16.5. The first-order valence-electron chi connectivity index (χ1n) is 5.69. The molecule has 2 aromatic rings. The van der Waals surface area contributed by atoms with Crippen molar-refractivity contribution in [3.8, 4) is 0 Å². The molecule has 16 heavy (non-hydrogen) atoms. The van der Waals surface area contributed by atoms with E-state index in [0.29, 0.717) is 6.04 Å². The molecule has 1 aromatic carbocycles. The van der Waals surface area contributed by atoms with Gasteiger partial charge >= 0.3 is 0 Å². The Morgan fingerprint density at radius 3 is 3.31 bits per heavy atom. The van der Waals surface area contributed by atoms with Crippen molar-refractivity contribution in [1.82, 2.24) is 10.2 Å². The maximum atomic E-state index is 5.45.